The summed E-state index contributed by atoms with van der Waals surface area (Å²) in [5, 5.41) is 8.41. The maximum atomic E-state index is 12.6. The van der Waals surface area contributed by atoms with E-state index in [-0.39, 0.29) is 17.7 Å². The van der Waals surface area contributed by atoms with E-state index >= 15 is 0 Å². The Morgan fingerprint density at radius 2 is 2.04 bits per heavy atom. The van der Waals surface area contributed by atoms with E-state index in [9.17, 15) is 9.59 Å². The Labute approximate surface area is 165 Å². The highest BCUT2D eigenvalue weighted by molar-refractivity contribution is 7.16. The minimum absolute atomic E-state index is 0.00358. The SMILES string of the molecule is Cc1ccc(C(=O)Nc2nc3c(s2)CC[C@@H]3C(=O)NCc2cccs2)cc1. The zero-order valence-corrected chi connectivity index (χ0v) is 16.5. The molecule has 2 amide bonds. The molecule has 1 atom stereocenters. The molecule has 138 valence electrons. The Morgan fingerprint density at radius 3 is 2.78 bits per heavy atom. The number of hydrogen-bond donors (Lipinski definition) is 2. The highest BCUT2D eigenvalue weighted by atomic mass is 32.1. The molecular formula is C20H19N3O2S2. The predicted octanol–water partition coefficient (Wildman–Crippen LogP) is 4.11. The fraction of sp³-hybridized carbons (Fsp3) is 0.250. The van der Waals surface area contributed by atoms with Gasteiger partial charge >= 0.3 is 0 Å². The summed E-state index contributed by atoms with van der Waals surface area (Å²) in [6, 6.07) is 11.4. The molecule has 1 aliphatic rings. The van der Waals surface area contributed by atoms with E-state index in [0.29, 0.717) is 17.2 Å². The first-order valence-electron chi connectivity index (χ1n) is 8.78. The molecule has 27 heavy (non-hydrogen) atoms. The first-order chi connectivity index (χ1) is 13.1. The Balaban J connectivity index is 1.42. The molecule has 0 bridgehead atoms. The van der Waals surface area contributed by atoms with Gasteiger partial charge in [-0.15, -0.1) is 22.7 Å². The number of nitrogens with zero attached hydrogens (tertiary/aromatic N) is 1. The molecule has 1 aliphatic carbocycles. The van der Waals surface area contributed by atoms with E-state index in [1.54, 1.807) is 23.5 Å². The number of aromatic nitrogens is 1. The van der Waals surface area contributed by atoms with Crippen molar-refractivity contribution in [2.24, 2.45) is 0 Å². The van der Waals surface area contributed by atoms with Crippen molar-refractivity contribution in [1.29, 1.82) is 0 Å². The standard InChI is InChI=1S/C20H19N3O2S2/c1-12-4-6-13(7-5-12)18(24)23-20-22-17-15(8-9-16(17)27-20)19(25)21-11-14-3-2-10-26-14/h2-7,10,15H,8-9,11H2,1H3,(H,21,25)(H,22,23,24)/t15-/m0/s1. The van der Waals surface area contributed by atoms with Crippen LogP contribution in [-0.2, 0) is 17.8 Å². The van der Waals surface area contributed by atoms with E-state index < -0.39 is 0 Å². The fourth-order valence-corrected chi connectivity index (χ4v) is 4.80. The molecule has 4 rings (SSSR count). The average molecular weight is 398 g/mol. The molecule has 0 spiro atoms. The van der Waals surface area contributed by atoms with Gasteiger partial charge in [0, 0.05) is 15.3 Å². The summed E-state index contributed by atoms with van der Waals surface area (Å²) in [6.07, 6.45) is 1.60. The Bertz CT molecular complexity index is 962. The van der Waals surface area contributed by atoms with Crippen LogP contribution < -0.4 is 10.6 Å². The van der Waals surface area contributed by atoms with Crippen LogP contribution in [0.4, 0.5) is 5.13 Å². The van der Waals surface area contributed by atoms with Crippen molar-refractivity contribution in [1.82, 2.24) is 10.3 Å². The molecule has 0 saturated heterocycles. The summed E-state index contributed by atoms with van der Waals surface area (Å²) >= 11 is 3.09. The number of rotatable bonds is 5. The van der Waals surface area contributed by atoms with Gasteiger partial charge in [0.25, 0.3) is 5.91 Å². The molecule has 2 heterocycles. The van der Waals surface area contributed by atoms with Crippen molar-refractivity contribution in [2.75, 3.05) is 5.32 Å². The van der Waals surface area contributed by atoms with Gasteiger partial charge in [-0.3, -0.25) is 14.9 Å². The summed E-state index contributed by atoms with van der Waals surface area (Å²) in [5.74, 6) is -0.411. The van der Waals surface area contributed by atoms with Gasteiger partial charge in [-0.05, 0) is 43.3 Å². The summed E-state index contributed by atoms with van der Waals surface area (Å²) in [6.45, 7) is 2.53. The third kappa shape index (κ3) is 3.94. The lowest BCUT2D eigenvalue weighted by Crippen LogP contribution is -2.27. The summed E-state index contributed by atoms with van der Waals surface area (Å²) in [7, 11) is 0. The normalized spacial score (nSPS) is 15.4. The quantitative estimate of drug-likeness (QED) is 0.681. The number of thiazole rings is 1. The summed E-state index contributed by atoms with van der Waals surface area (Å²) < 4.78 is 0. The first kappa shape index (κ1) is 17.9. The van der Waals surface area contributed by atoms with Crippen LogP contribution in [0.1, 0.15) is 43.7 Å². The monoisotopic (exact) mass is 397 g/mol. The van der Waals surface area contributed by atoms with Gasteiger partial charge in [-0.2, -0.15) is 0 Å². The maximum absolute atomic E-state index is 12.6. The van der Waals surface area contributed by atoms with E-state index in [4.69, 9.17) is 0 Å². The van der Waals surface area contributed by atoms with Crippen LogP contribution in [0.15, 0.2) is 41.8 Å². The molecule has 2 N–H and O–H groups in total. The minimum Gasteiger partial charge on any atom is -0.351 e. The molecular weight excluding hydrogens is 378 g/mol. The van der Waals surface area contributed by atoms with Crippen molar-refractivity contribution in [3.05, 3.63) is 68.4 Å². The molecule has 2 aromatic heterocycles. The van der Waals surface area contributed by atoms with Gasteiger partial charge in [-0.25, -0.2) is 4.98 Å². The second-order valence-electron chi connectivity index (χ2n) is 6.54. The van der Waals surface area contributed by atoms with E-state index in [2.05, 4.69) is 15.6 Å². The molecule has 7 heteroatoms. The van der Waals surface area contributed by atoms with Crippen molar-refractivity contribution in [2.45, 2.75) is 32.2 Å². The van der Waals surface area contributed by atoms with Gasteiger partial charge in [-0.1, -0.05) is 23.8 Å². The molecule has 0 radical (unpaired) electrons. The van der Waals surface area contributed by atoms with Crippen LogP contribution in [0.3, 0.4) is 0 Å². The summed E-state index contributed by atoms with van der Waals surface area (Å²) in [5.41, 5.74) is 2.51. The number of aryl methyl sites for hydroxylation is 2. The zero-order valence-electron chi connectivity index (χ0n) is 14.8. The first-order valence-corrected chi connectivity index (χ1v) is 10.5. The van der Waals surface area contributed by atoms with Gasteiger partial charge < -0.3 is 5.32 Å². The third-order valence-electron chi connectivity index (χ3n) is 4.59. The number of fused-ring (bicyclic) bond motifs is 1. The highest BCUT2D eigenvalue weighted by Crippen LogP contribution is 2.38. The van der Waals surface area contributed by atoms with Crippen molar-refractivity contribution < 1.29 is 9.59 Å². The van der Waals surface area contributed by atoms with Crippen LogP contribution in [0.25, 0.3) is 0 Å². The fourth-order valence-electron chi connectivity index (χ4n) is 3.12. The number of nitrogens with one attached hydrogen (secondary N) is 2. The number of amides is 2. The number of hydrogen-bond acceptors (Lipinski definition) is 5. The van der Waals surface area contributed by atoms with Gasteiger partial charge in [0.2, 0.25) is 5.91 Å². The van der Waals surface area contributed by atoms with Crippen LogP contribution in [0.5, 0.6) is 0 Å². The topological polar surface area (TPSA) is 71.1 Å². The van der Waals surface area contributed by atoms with Crippen LogP contribution in [0.2, 0.25) is 0 Å². The highest BCUT2D eigenvalue weighted by Gasteiger charge is 2.32. The Morgan fingerprint density at radius 1 is 1.22 bits per heavy atom. The van der Waals surface area contributed by atoms with Gasteiger partial charge in [0.1, 0.15) is 0 Å². The molecule has 1 aromatic carbocycles. The number of carbonyl (C=O) groups excluding carboxylic acids is 2. The van der Waals surface area contributed by atoms with Gasteiger partial charge in [0.05, 0.1) is 18.2 Å². The molecule has 0 fully saturated rings. The summed E-state index contributed by atoms with van der Waals surface area (Å²) in [4.78, 5) is 31.7. The largest absolute Gasteiger partial charge is 0.351 e. The minimum atomic E-state index is -0.235. The number of anilines is 1. The molecule has 0 aliphatic heterocycles. The predicted molar refractivity (Wildman–Crippen MR) is 108 cm³/mol. The van der Waals surface area contributed by atoms with E-state index in [0.717, 1.165) is 33.9 Å². The third-order valence-corrected chi connectivity index (χ3v) is 6.51. The number of benzene rings is 1. The molecule has 5 nitrogen and oxygen atoms in total. The Kier molecular flexibility index (Phi) is 5.05. The van der Waals surface area contributed by atoms with Crippen molar-refractivity contribution in [3.63, 3.8) is 0 Å². The zero-order chi connectivity index (χ0) is 18.8. The second-order valence-corrected chi connectivity index (χ2v) is 8.65. The molecule has 0 unspecified atom stereocenters. The Hall–Kier alpha value is -2.51. The van der Waals surface area contributed by atoms with Crippen LogP contribution in [0, 0.1) is 6.92 Å². The molecule has 3 aromatic rings. The average Bonchev–Trinajstić information content (AvgIpc) is 3.37. The van der Waals surface area contributed by atoms with E-state index in [1.807, 2.05) is 36.6 Å². The number of thiophene rings is 1. The lowest BCUT2D eigenvalue weighted by Gasteiger charge is -2.10. The van der Waals surface area contributed by atoms with Crippen LogP contribution >= 0.6 is 22.7 Å². The van der Waals surface area contributed by atoms with Crippen molar-refractivity contribution >= 4 is 39.6 Å². The number of carbonyl (C=O) groups is 2. The van der Waals surface area contributed by atoms with Crippen molar-refractivity contribution in [3.8, 4) is 0 Å². The second kappa shape index (κ2) is 7.62. The van der Waals surface area contributed by atoms with Gasteiger partial charge in [0.15, 0.2) is 5.13 Å². The lowest BCUT2D eigenvalue weighted by molar-refractivity contribution is -0.122. The molecule has 0 saturated carbocycles. The smallest absolute Gasteiger partial charge is 0.257 e. The van der Waals surface area contributed by atoms with Crippen LogP contribution in [-0.4, -0.2) is 16.8 Å². The van der Waals surface area contributed by atoms with E-state index in [1.165, 1.54) is 11.3 Å². The lowest BCUT2D eigenvalue weighted by atomic mass is 10.1. The maximum Gasteiger partial charge on any atom is 0.257 e.